The maximum atomic E-state index is 12.7. The molecule has 0 radical (unpaired) electrons. The van der Waals surface area contributed by atoms with E-state index in [4.69, 9.17) is 9.47 Å². The average molecular weight is 418 g/mol. The van der Waals surface area contributed by atoms with Gasteiger partial charge in [0.2, 0.25) is 5.91 Å². The lowest BCUT2D eigenvalue weighted by atomic mass is 10.2. The summed E-state index contributed by atoms with van der Waals surface area (Å²) in [6.45, 7) is 4.68. The van der Waals surface area contributed by atoms with Crippen LogP contribution in [0.4, 0.5) is 0 Å². The summed E-state index contributed by atoms with van der Waals surface area (Å²) in [7, 11) is 1.57. The van der Waals surface area contributed by atoms with Crippen molar-refractivity contribution in [1.82, 2.24) is 15.1 Å². The number of rotatable bonds is 13. The Hall–Kier alpha value is -2.28. The van der Waals surface area contributed by atoms with Crippen LogP contribution in [0.2, 0.25) is 0 Å². The first-order chi connectivity index (χ1) is 14.7. The van der Waals surface area contributed by atoms with Crippen LogP contribution in [-0.4, -0.2) is 74.1 Å². The lowest BCUT2D eigenvalue weighted by Crippen LogP contribution is -2.39. The normalized spacial score (nSPS) is 16.3. The van der Waals surface area contributed by atoms with Crippen LogP contribution in [0.3, 0.4) is 0 Å². The number of nitrogens with one attached hydrogen (secondary N) is 1. The molecule has 1 aromatic rings. The number of hydrogen-bond donors (Lipinski definition) is 1. The van der Waals surface area contributed by atoms with Crippen LogP contribution in [0, 0.1) is 0 Å². The summed E-state index contributed by atoms with van der Waals surface area (Å²) in [5, 5.41) is 2.99. The van der Waals surface area contributed by atoms with Gasteiger partial charge in [-0.25, -0.2) is 0 Å². The van der Waals surface area contributed by atoms with Gasteiger partial charge in [0.25, 0.3) is 5.91 Å². The van der Waals surface area contributed by atoms with Crippen molar-refractivity contribution < 1.29 is 19.1 Å². The number of carbonyl (C=O) groups excluding carboxylic acids is 2. The Bertz CT molecular complexity index is 687. The third kappa shape index (κ3) is 7.20. The molecule has 2 amide bonds. The Balaban J connectivity index is 1.33. The zero-order chi connectivity index (χ0) is 21.2. The molecular weight excluding hydrogens is 382 g/mol. The number of benzene rings is 1. The van der Waals surface area contributed by atoms with E-state index in [1.807, 2.05) is 12.1 Å². The van der Waals surface area contributed by atoms with Crippen LogP contribution < -0.4 is 14.8 Å². The van der Waals surface area contributed by atoms with E-state index in [0.29, 0.717) is 31.0 Å². The lowest BCUT2D eigenvalue weighted by Gasteiger charge is -2.22. The van der Waals surface area contributed by atoms with Gasteiger partial charge in [0.1, 0.15) is 0 Å². The van der Waals surface area contributed by atoms with E-state index in [-0.39, 0.29) is 24.5 Å². The molecule has 2 aliphatic rings. The molecule has 30 heavy (non-hydrogen) atoms. The number of nitrogens with zero attached hydrogens (tertiary/aromatic N) is 2. The van der Waals surface area contributed by atoms with Crippen molar-refractivity contribution >= 4 is 11.8 Å². The minimum Gasteiger partial charge on any atom is -0.493 e. The van der Waals surface area contributed by atoms with Crippen molar-refractivity contribution in [3.8, 4) is 11.5 Å². The van der Waals surface area contributed by atoms with Gasteiger partial charge in [-0.2, -0.15) is 0 Å². The fourth-order valence-corrected chi connectivity index (χ4v) is 3.86. The number of amides is 2. The van der Waals surface area contributed by atoms with E-state index in [1.165, 1.54) is 25.9 Å². The van der Waals surface area contributed by atoms with E-state index in [9.17, 15) is 9.59 Å². The molecule has 1 saturated carbocycles. The average Bonchev–Trinajstić information content (AvgIpc) is 3.46. The van der Waals surface area contributed by atoms with E-state index in [2.05, 4.69) is 10.2 Å². The van der Waals surface area contributed by atoms with Crippen molar-refractivity contribution in [2.45, 2.75) is 51.0 Å². The Labute approximate surface area is 179 Å². The first-order valence-electron chi connectivity index (χ1n) is 11.2. The van der Waals surface area contributed by atoms with Crippen molar-refractivity contribution in [2.75, 3.05) is 46.4 Å². The van der Waals surface area contributed by atoms with Gasteiger partial charge in [0.15, 0.2) is 18.1 Å². The van der Waals surface area contributed by atoms with Gasteiger partial charge < -0.3 is 24.6 Å². The zero-order valence-corrected chi connectivity index (χ0v) is 18.1. The third-order valence-electron chi connectivity index (χ3n) is 5.73. The van der Waals surface area contributed by atoms with Gasteiger partial charge in [-0.15, -0.1) is 0 Å². The highest BCUT2D eigenvalue weighted by atomic mass is 16.5. The van der Waals surface area contributed by atoms with Crippen molar-refractivity contribution in [2.24, 2.45) is 0 Å². The topological polar surface area (TPSA) is 71.1 Å². The fourth-order valence-electron chi connectivity index (χ4n) is 3.86. The molecule has 0 atom stereocenters. The molecule has 0 aromatic heterocycles. The van der Waals surface area contributed by atoms with E-state index in [0.717, 1.165) is 32.2 Å². The number of carbonyl (C=O) groups is 2. The van der Waals surface area contributed by atoms with Crippen LogP contribution >= 0.6 is 0 Å². The second kappa shape index (κ2) is 11.8. The highest BCUT2D eigenvalue weighted by Gasteiger charge is 2.32. The van der Waals surface area contributed by atoms with Gasteiger partial charge in [0.05, 0.1) is 7.11 Å². The summed E-state index contributed by atoms with van der Waals surface area (Å²) in [5.74, 6) is 1.09. The van der Waals surface area contributed by atoms with Crippen molar-refractivity contribution in [3.63, 3.8) is 0 Å². The van der Waals surface area contributed by atoms with Crippen LogP contribution in [-0.2, 0) is 9.59 Å². The van der Waals surface area contributed by atoms with Crippen LogP contribution in [0.5, 0.6) is 11.5 Å². The highest BCUT2D eigenvalue weighted by molar-refractivity contribution is 5.80. The molecule has 0 unspecified atom stereocenters. The standard InChI is InChI=1S/C23H35N3O4/c1-29-20-8-2-3-9-21(20)30-18-23(28)26(19-10-11-19)17-12-22(27)24-13-4-5-14-25-15-6-7-16-25/h2-3,8-9,19H,4-7,10-18H2,1H3,(H,24,27). The Morgan fingerprint density at radius 2 is 1.87 bits per heavy atom. The largest absolute Gasteiger partial charge is 0.493 e. The molecular formula is C23H35N3O4. The van der Waals surface area contributed by atoms with Crippen LogP contribution in [0.1, 0.15) is 44.9 Å². The van der Waals surface area contributed by atoms with Gasteiger partial charge in [-0.1, -0.05) is 12.1 Å². The van der Waals surface area contributed by atoms with E-state index < -0.39 is 0 Å². The van der Waals surface area contributed by atoms with Crippen molar-refractivity contribution in [3.05, 3.63) is 24.3 Å². The second-order valence-corrected chi connectivity index (χ2v) is 8.11. The fraction of sp³-hybridized carbons (Fsp3) is 0.652. The molecule has 1 N–H and O–H groups in total. The SMILES string of the molecule is COc1ccccc1OCC(=O)N(CCC(=O)NCCCCN1CCCC1)C1CC1. The van der Waals surface area contributed by atoms with E-state index in [1.54, 1.807) is 24.1 Å². The second-order valence-electron chi connectivity index (χ2n) is 8.11. The Morgan fingerprint density at radius 3 is 2.57 bits per heavy atom. The number of likely N-dealkylation sites (tertiary alicyclic amines) is 1. The molecule has 7 heteroatoms. The molecule has 1 heterocycles. The number of unbranched alkanes of at least 4 members (excludes halogenated alkanes) is 1. The zero-order valence-electron chi connectivity index (χ0n) is 18.1. The van der Waals surface area contributed by atoms with Gasteiger partial charge >= 0.3 is 0 Å². The summed E-state index contributed by atoms with van der Waals surface area (Å²) in [6, 6.07) is 7.52. The molecule has 1 aromatic carbocycles. The predicted octanol–water partition coefficient (Wildman–Crippen LogP) is 2.45. The number of methoxy groups -OCH3 is 1. The van der Waals surface area contributed by atoms with Gasteiger partial charge in [-0.3, -0.25) is 9.59 Å². The molecule has 7 nitrogen and oxygen atoms in total. The quantitative estimate of drug-likeness (QED) is 0.499. The molecule has 1 aliphatic heterocycles. The first-order valence-corrected chi connectivity index (χ1v) is 11.2. The number of hydrogen-bond acceptors (Lipinski definition) is 5. The Morgan fingerprint density at radius 1 is 1.13 bits per heavy atom. The lowest BCUT2D eigenvalue weighted by molar-refractivity contribution is -0.134. The van der Waals surface area contributed by atoms with E-state index >= 15 is 0 Å². The number of para-hydroxylation sites is 2. The summed E-state index contributed by atoms with van der Waals surface area (Å²) in [5.41, 5.74) is 0. The van der Waals surface area contributed by atoms with Crippen LogP contribution in [0.15, 0.2) is 24.3 Å². The minimum atomic E-state index is -0.0816. The molecule has 1 aliphatic carbocycles. The molecule has 2 fully saturated rings. The monoisotopic (exact) mass is 417 g/mol. The summed E-state index contributed by atoms with van der Waals surface area (Å²) < 4.78 is 10.9. The van der Waals surface area contributed by atoms with Gasteiger partial charge in [-0.05, 0) is 70.3 Å². The summed E-state index contributed by atoms with van der Waals surface area (Å²) in [6.07, 6.45) is 7.08. The van der Waals surface area contributed by atoms with Crippen LogP contribution in [0.25, 0.3) is 0 Å². The molecule has 0 bridgehead atoms. The Kier molecular flexibility index (Phi) is 8.81. The minimum absolute atomic E-state index is 0.0141. The number of ether oxygens (including phenoxy) is 2. The first kappa shape index (κ1) is 22.4. The smallest absolute Gasteiger partial charge is 0.260 e. The maximum absolute atomic E-state index is 12.7. The van der Waals surface area contributed by atoms with Gasteiger partial charge in [0, 0.05) is 25.6 Å². The summed E-state index contributed by atoms with van der Waals surface area (Å²) >= 11 is 0. The predicted molar refractivity (Wildman–Crippen MR) is 116 cm³/mol. The molecule has 0 spiro atoms. The summed E-state index contributed by atoms with van der Waals surface area (Å²) in [4.78, 5) is 29.1. The molecule has 166 valence electrons. The maximum Gasteiger partial charge on any atom is 0.260 e. The molecule has 3 rings (SSSR count). The third-order valence-corrected chi connectivity index (χ3v) is 5.73. The molecule has 1 saturated heterocycles. The van der Waals surface area contributed by atoms with Crippen molar-refractivity contribution in [1.29, 1.82) is 0 Å². The highest BCUT2D eigenvalue weighted by Crippen LogP contribution is 2.28.